The number of nitrogens with zero attached hydrogens (tertiary/aromatic N) is 2. The highest BCUT2D eigenvalue weighted by atomic mass is 19.2. The van der Waals surface area contributed by atoms with E-state index in [4.69, 9.17) is 4.74 Å². The lowest BCUT2D eigenvalue weighted by atomic mass is 9.80. The smallest absolute Gasteiger partial charge is 0.303 e. The molecule has 5 nitrogen and oxygen atoms in total. The Morgan fingerprint density at radius 1 is 1.16 bits per heavy atom. The van der Waals surface area contributed by atoms with Crippen molar-refractivity contribution < 1.29 is 32.2 Å². The molecule has 0 saturated carbocycles. The SMILES string of the molecule is COc1ccc2ncc(F)c(CCC[C@@H]3CCN(CC#Cc4cc(F)cc(F)c4F)C[C@@H]3CC(=O)O)c2c1. The first-order chi connectivity index (χ1) is 18.2. The average Bonchev–Trinajstić information content (AvgIpc) is 2.88. The second-order valence-electron chi connectivity index (χ2n) is 9.55. The zero-order valence-electron chi connectivity index (χ0n) is 20.9. The summed E-state index contributed by atoms with van der Waals surface area (Å²) in [5, 5.41) is 10.2. The van der Waals surface area contributed by atoms with Crippen LogP contribution in [-0.4, -0.2) is 47.7 Å². The zero-order valence-corrected chi connectivity index (χ0v) is 20.9. The van der Waals surface area contributed by atoms with Gasteiger partial charge in [-0.2, -0.15) is 0 Å². The summed E-state index contributed by atoms with van der Waals surface area (Å²) in [6.07, 6.45) is 3.84. The molecule has 2 aromatic carbocycles. The number of methoxy groups -OCH3 is 1. The molecule has 9 heteroatoms. The number of carboxylic acids is 1. The Balaban J connectivity index is 1.39. The highest BCUT2D eigenvalue weighted by Gasteiger charge is 2.30. The van der Waals surface area contributed by atoms with Crippen molar-refractivity contribution in [2.75, 3.05) is 26.7 Å². The number of ether oxygens (including phenoxy) is 1. The molecule has 1 aromatic heterocycles. The van der Waals surface area contributed by atoms with Crippen molar-refractivity contribution >= 4 is 16.9 Å². The van der Waals surface area contributed by atoms with Gasteiger partial charge in [-0.05, 0) is 73.9 Å². The van der Waals surface area contributed by atoms with Gasteiger partial charge in [0.15, 0.2) is 11.6 Å². The van der Waals surface area contributed by atoms with E-state index in [0.29, 0.717) is 54.2 Å². The molecule has 3 aromatic rings. The van der Waals surface area contributed by atoms with Crippen LogP contribution in [0.2, 0.25) is 0 Å². The number of piperidine rings is 1. The second kappa shape index (κ2) is 12.3. The van der Waals surface area contributed by atoms with E-state index in [-0.39, 0.29) is 36.2 Å². The fourth-order valence-corrected chi connectivity index (χ4v) is 5.15. The molecule has 1 saturated heterocycles. The van der Waals surface area contributed by atoms with Crippen LogP contribution in [0.5, 0.6) is 5.75 Å². The third kappa shape index (κ3) is 6.62. The molecule has 0 radical (unpaired) electrons. The van der Waals surface area contributed by atoms with Gasteiger partial charge in [-0.3, -0.25) is 14.7 Å². The minimum atomic E-state index is -1.30. The van der Waals surface area contributed by atoms with Gasteiger partial charge in [-0.25, -0.2) is 17.6 Å². The molecule has 2 heterocycles. The molecule has 2 atom stereocenters. The van der Waals surface area contributed by atoms with Crippen LogP contribution >= 0.6 is 0 Å². The van der Waals surface area contributed by atoms with Crippen molar-refractivity contribution in [3.63, 3.8) is 0 Å². The first-order valence-electron chi connectivity index (χ1n) is 12.4. The van der Waals surface area contributed by atoms with Crippen LogP contribution in [0.25, 0.3) is 10.9 Å². The summed E-state index contributed by atoms with van der Waals surface area (Å²) in [5.41, 5.74) is 0.895. The van der Waals surface area contributed by atoms with E-state index in [9.17, 15) is 27.5 Å². The predicted octanol–water partition coefficient (Wildman–Crippen LogP) is 5.59. The van der Waals surface area contributed by atoms with E-state index in [1.165, 1.54) is 6.20 Å². The summed E-state index contributed by atoms with van der Waals surface area (Å²) in [6.45, 7) is 1.35. The molecule has 0 unspecified atom stereocenters. The maximum absolute atomic E-state index is 14.7. The predicted molar refractivity (Wildman–Crippen MR) is 135 cm³/mol. The Hall–Kier alpha value is -3.64. The molecule has 0 bridgehead atoms. The van der Waals surface area contributed by atoms with Gasteiger partial charge >= 0.3 is 5.97 Å². The number of halogens is 4. The Morgan fingerprint density at radius 3 is 2.74 bits per heavy atom. The standard InChI is InChI=1S/C29H28F4N2O3/c1-38-22-7-8-27-24(15-22)23(26(32)16-34-27)6-2-4-18-9-11-35(17-20(18)13-28(36)37)10-3-5-19-12-21(30)14-25(31)29(19)33/h7-8,12,14-16,18,20H,2,4,6,9-11,13,17H2,1H3,(H,36,37)/t18-,20+/m1/s1. The lowest BCUT2D eigenvalue weighted by Crippen LogP contribution is -2.41. The number of hydrogen-bond acceptors (Lipinski definition) is 4. The quantitative estimate of drug-likeness (QED) is 0.235. The maximum atomic E-state index is 14.7. The number of benzene rings is 2. The van der Waals surface area contributed by atoms with E-state index in [0.717, 1.165) is 18.9 Å². The second-order valence-corrected chi connectivity index (χ2v) is 9.55. The van der Waals surface area contributed by atoms with Crippen molar-refractivity contribution in [1.29, 1.82) is 0 Å². The van der Waals surface area contributed by atoms with Gasteiger partial charge in [-0.15, -0.1) is 0 Å². The zero-order chi connectivity index (χ0) is 27.2. The molecule has 0 spiro atoms. The van der Waals surface area contributed by atoms with Crippen molar-refractivity contribution in [3.05, 3.63) is 70.9 Å². The molecule has 0 aliphatic carbocycles. The monoisotopic (exact) mass is 528 g/mol. The van der Waals surface area contributed by atoms with Gasteiger partial charge in [-0.1, -0.05) is 11.8 Å². The van der Waals surface area contributed by atoms with E-state index in [1.807, 2.05) is 4.90 Å². The van der Waals surface area contributed by atoms with E-state index in [1.54, 1.807) is 25.3 Å². The number of fused-ring (bicyclic) bond motifs is 1. The fraction of sp³-hybridized carbons (Fsp3) is 0.379. The Morgan fingerprint density at radius 2 is 1.97 bits per heavy atom. The number of carbonyl (C=O) groups is 1. The van der Waals surface area contributed by atoms with E-state index >= 15 is 0 Å². The van der Waals surface area contributed by atoms with Crippen molar-refractivity contribution in [2.24, 2.45) is 11.8 Å². The average molecular weight is 529 g/mol. The molecule has 1 fully saturated rings. The van der Waals surface area contributed by atoms with Gasteiger partial charge < -0.3 is 9.84 Å². The maximum Gasteiger partial charge on any atom is 0.303 e. The lowest BCUT2D eigenvalue weighted by Gasteiger charge is -2.37. The molecular weight excluding hydrogens is 500 g/mol. The minimum Gasteiger partial charge on any atom is -0.497 e. The van der Waals surface area contributed by atoms with Gasteiger partial charge in [0.05, 0.1) is 30.9 Å². The highest BCUT2D eigenvalue weighted by molar-refractivity contribution is 5.83. The van der Waals surface area contributed by atoms with Crippen molar-refractivity contribution in [2.45, 2.75) is 32.1 Å². The number of hydrogen-bond donors (Lipinski definition) is 1. The number of pyridine rings is 1. The Labute approximate surface area is 218 Å². The third-order valence-corrected chi connectivity index (χ3v) is 7.07. The van der Waals surface area contributed by atoms with Crippen LogP contribution in [-0.2, 0) is 11.2 Å². The molecular formula is C29H28F4N2O3. The van der Waals surface area contributed by atoms with Gasteiger partial charge in [0.1, 0.15) is 17.4 Å². The highest BCUT2D eigenvalue weighted by Crippen LogP contribution is 2.32. The van der Waals surface area contributed by atoms with Crippen LogP contribution in [0.1, 0.15) is 36.8 Å². The normalized spacial score (nSPS) is 17.7. The first kappa shape index (κ1) is 27.4. The summed E-state index contributed by atoms with van der Waals surface area (Å²) in [5.74, 6) is 1.17. The third-order valence-electron chi connectivity index (χ3n) is 7.07. The van der Waals surface area contributed by atoms with Crippen LogP contribution < -0.4 is 4.74 Å². The summed E-state index contributed by atoms with van der Waals surface area (Å²) in [7, 11) is 1.55. The first-order valence-corrected chi connectivity index (χ1v) is 12.4. The van der Waals surface area contributed by atoms with Crippen LogP contribution in [0.4, 0.5) is 17.6 Å². The summed E-state index contributed by atoms with van der Waals surface area (Å²) < 4.78 is 60.6. The Kier molecular flexibility index (Phi) is 8.85. The topological polar surface area (TPSA) is 62.7 Å². The fourth-order valence-electron chi connectivity index (χ4n) is 5.15. The van der Waals surface area contributed by atoms with Gasteiger partial charge in [0, 0.05) is 24.4 Å². The van der Waals surface area contributed by atoms with Crippen molar-refractivity contribution in [3.8, 4) is 17.6 Å². The Bertz CT molecular complexity index is 1390. The number of rotatable bonds is 8. The molecule has 1 N–H and O–H groups in total. The van der Waals surface area contributed by atoms with Crippen LogP contribution in [0.3, 0.4) is 0 Å². The van der Waals surface area contributed by atoms with E-state index < -0.39 is 23.4 Å². The molecule has 4 rings (SSSR count). The molecule has 1 aliphatic heterocycles. The number of likely N-dealkylation sites (tertiary alicyclic amines) is 1. The largest absolute Gasteiger partial charge is 0.497 e. The molecule has 1 aliphatic rings. The number of aromatic nitrogens is 1. The van der Waals surface area contributed by atoms with Crippen molar-refractivity contribution in [1.82, 2.24) is 9.88 Å². The summed E-state index contributed by atoms with van der Waals surface area (Å²) >= 11 is 0. The van der Waals surface area contributed by atoms with Crippen LogP contribution in [0, 0.1) is 46.9 Å². The summed E-state index contributed by atoms with van der Waals surface area (Å²) in [4.78, 5) is 17.7. The van der Waals surface area contributed by atoms with E-state index in [2.05, 4.69) is 16.8 Å². The number of aryl methyl sites for hydroxylation is 1. The number of carboxylic acid groups (broad SMARTS) is 1. The summed E-state index contributed by atoms with van der Waals surface area (Å²) in [6, 6.07) is 6.65. The molecule has 0 amide bonds. The molecule has 38 heavy (non-hydrogen) atoms. The minimum absolute atomic E-state index is 0.0118. The van der Waals surface area contributed by atoms with Gasteiger partial charge in [0.25, 0.3) is 0 Å². The van der Waals surface area contributed by atoms with Crippen LogP contribution in [0.15, 0.2) is 36.5 Å². The van der Waals surface area contributed by atoms with Gasteiger partial charge in [0.2, 0.25) is 0 Å². The molecule has 200 valence electrons. The lowest BCUT2D eigenvalue weighted by molar-refractivity contribution is -0.139. The number of aliphatic carboxylic acids is 1.